The molecule has 0 rings (SSSR count). The Kier molecular flexibility index (Phi) is 14.7. The fourth-order valence-corrected chi connectivity index (χ4v) is 1.58. The topological polar surface area (TPSA) is 145 Å². The number of aliphatic hydroxyl groups excluding tert-OH is 5. The van der Waals surface area contributed by atoms with Crippen molar-refractivity contribution in [2.75, 3.05) is 6.61 Å². The Morgan fingerprint density at radius 2 is 1.59 bits per heavy atom. The van der Waals surface area contributed by atoms with Gasteiger partial charge in [0.15, 0.2) is 6.10 Å². The van der Waals surface area contributed by atoms with Gasteiger partial charge in [-0.3, -0.25) is 4.79 Å². The van der Waals surface area contributed by atoms with Crippen LogP contribution in [0.4, 0.5) is 0 Å². The number of unbranched alkanes of at least 4 members (excludes halogenated alkanes) is 3. The van der Waals surface area contributed by atoms with Crippen molar-refractivity contribution >= 4 is 41.5 Å². The number of hydrogen-bond donors (Lipinski definition) is 5. The Bertz CT molecular complexity index is 325. The average molecular weight is 332 g/mol. The van der Waals surface area contributed by atoms with Crippen LogP contribution in [-0.4, -0.2) is 98.1 Å². The van der Waals surface area contributed by atoms with Gasteiger partial charge < -0.3 is 30.3 Å². The van der Waals surface area contributed by atoms with E-state index in [-0.39, 0.29) is 36.0 Å². The zero-order valence-electron chi connectivity index (χ0n) is 12.0. The summed E-state index contributed by atoms with van der Waals surface area (Å²) < 4.78 is 4.33. The maximum atomic E-state index is 11.4. The minimum atomic E-state index is -2.19. The van der Waals surface area contributed by atoms with E-state index < -0.39 is 43.0 Å². The quantitative estimate of drug-likeness (QED) is 0.131. The summed E-state index contributed by atoms with van der Waals surface area (Å²) in [5, 5.41) is 45.9. The third kappa shape index (κ3) is 9.16. The van der Waals surface area contributed by atoms with Crippen molar-refractivity contribution in [2.45, 2.75) is 63.4 Å². The molecule has 8 nitrogen and oxygen atoms in total. The van der Waals surface area contributed by atoms with Crippen LogP contribution in [0, 0.1) is 0 Å². The Labute approximate surface area is 151 Å². The van der Waals surface area contributed by atoms with E-state index in [1.54, 1.807) is 0 Å². The number of aliphatic hydroxyl groups is 5. The number of ether oxygens (including phenoxy) is 1. The summed E-state index contributed by atoms with van der Waals surface area (Å²) in [6.07, 6.45) is -4.64. The molecule has 0 aromatic heterocycles. The van der Waals surface area contributed by atoms with Crippen LogP contribution in [0.2, 0.25) is 0 Å². The molecule has 5 N–H and O–H groups in total. The first-order valence-electron chi connectivity index (χ1n) is 6.92. The molecule has 0 amide bonds. The molecule has 0 saturated carbocycles. The summed E-state index contributed by atoms with van der Waals surface area (Å²) >= 11 is 0. The molecule has 22 heavy (non-hydrogen) atoms. The van der Waals surface area contributed by atoms with E-state index in [9.17, 15) is 24.9 Å². The van der Waals surface area contributed by atoms with Crippen LogP contribution in [0.1, 0.15) is 39.0 Å². The average Bonchev–Trinajstić information content (AvgIpc) is 2.48. The van der Waals surface area contributed by atoms with Crippen molar-refractivity contribution in [2.24, 2.45) is 0 Å². The Hall–Kier alpha value is -0.0600. The second-order valence-corrected chi connectivity index (χ2v) is 4.78. The van der Waals surface area contributed by atoms with Gasteiger partial charge >= 0.3 is 41.5 Å². The zero-order valence-corrected chi connectivity index (χ0v) is 12.0. The van der Waals surface area contributed by atoms with Gasteiger partial charge in [0, 0.05) is 6.42 Å². The van der Waals surface area contributed by atoms with Crippen LogP contribution in [0.25, 0.3) is 0 Å². The second kappa shape index (κ2) is 13.4. The van der Waals surface area contributed by atoms with Crippen LogP contribution in [0.3, 0.4) is 0 Å². The van der Waals surface area contributed by atoms with E-state index >= 15 is 0 Å². The fraction of sp³-hybridized carbons (Fsp3) is 0.846. The third-order valence-electron chi connectivity index (χ3n) is 2.95. The molecule has 0 aliphatic rings. The van der Waals surface area contributed by atoms with Crippen LogP contribution in [-0.2, 0) is 14.3 Å². The van der Waals surface area contributed by atoms with Gasteiger partial charge in [-0.25, -0.2) is 4.79 Å². The van der Waals surface area contributed by atoms with Crippen molar-refractivity contribution in [3.8, 4) is 0 Å². The Morgan fingerprint density at radius 3 is 2.09 bits per heavy atom. The summed E-state index contributed by atoms with van der Waals surface area (Å²) in [6.45, 7) is 1.14. The Balaban J connectivity index is 0. The molecule has 4 atom stereocenters. The fourth-order valence-electron chi connectivity index (χ4n) is 1.58. The molecule has 0 aliphatic carbocycles. The van der Waals surface area contributed by atoms with Gasteiger partial charge in [0.25, 0.3) is 0 Å². The first kappa shape index (κ1) is 24.2. The molecule has 0 aliphatic heterocycles. The number of carbonyl (C=O) groups excluding carboxylic acids is 2. The SMILES string of the molecule is CCCCCCC(=O)OC(=O)[C@H](O)[C@@H](O)[C@H](O)[C@H](O)CO.[NaH]. The molecular weight excluding hydrogens is 307 g/mol. The number of esters is 2. The van der Waals surface area contributed by atoms with Crippen molar-refractivity contribution in [1.29, 1.82) is 0 Å². The summed E-state index contributed by atoms with van der Waals surface area (Å²) in [5.74, 6) is -2.24. The predicted octanol–water partition coefficient (Wildman–Crippen LogP) is -2.19. The normalized spacial score (nSPS) is 16.1. The zero-order chi connectivity index (χ0) is 16.4. The van der Waals surface area contributed by atoms with Crippen LogP contribution < -0.4 is 0 Å². The summed E-state index contributed by atoms with van der Waals surface area (Å²) in [7, 11) is 0. The van der Waals surface area contributed by atoms with Gasteiger partial charge in [-0.15, -0.1) is 0 Å². The van der Waals surface area contributed by atoms with Crippen molar-refractivity contribution in [3.05, 3.63) is 0 Å². The molecule has 0 fully saturated rings. The van der Waals surface area contributed by atoms with Gasteiger partial charge in [-0.05, 0) is 6.42 Å². The summed E-state index contributed by atoms with van der Waals surface area (Å²) in [6, 6.07) is 0. The van der Waals surface area contributed by atoms with Gasteiger partial charge in [0.1, 0.15) is 18.3 Å². The van der Waals surface area contributed by atoms with Crippen molar-refractivity contribution in [3.63, 3.8) is 0 Å². The first-order chi connectivity index (χ1) is 9.84. The van der Waals surface area contributed by atoms with Crippen molar-refractivity contribution in [1.82, 2.24) is 0 Å². The van der Waals surface area contributed by atoms with Crippen molar-refractivity contribution < 1.29 is 39.9 Å². The van der Waals surface area contributed by atoms with Gasteiger partial charge in [0.05, 0.1) is 6.61 Å². The number of rotatable bonds is 10. The van der Waals surface area contributed by atoms with E-state index in [1.807, 2.05) is 6.92 Å². The molecule has 0 aromatic rings. The van der Waals surface area contributed by atoms with Gasteiger partial charge in [-0.2, -0.15) is 0 Å². The molecule has 9 heteroatoms. The molecule has 0 aromatic carbocycles. The van der Waals surface area contributed by atoms with Crippen LogP contribution in [0.15, 0.2) is 0 Å². The Morgan fingerprint density at radius 1 is 1.00 bits per heavy atom. The molecule has 0 spiro atoms. The van der Waals surface area contributed by atoms with E-state index in [4.69, 9.17) is 10.2 Å². The molecule has 0 bridgehead atoms. The molecule has 0 saturated heterocycles. The van der Waals surface area contributed by atoms with E-state index in [2.05, 4.69) is 4.74 Å². The minimum absolute atomic E-state index is 0. The monoisotopic (exact) mass is 332 g/mol. The first-order valence-corrected chi connectivity index (χ1v) is 6.92. The molecule has 126 valence electrons. The number of hydrogen-bond acceptors (Lipinski definition) is 8. The predicted molar refractivity (Wildman–Crippen MR) is 78.1 cm³/mol. The van der Waals surface area contributed by atoms with Gasteiger partial charge in [0.2, 0.25) is 0 Å². The van der Waals surface area contributed by atoms with Gasteiger partial charge in [-0.1, -0.05) is 26.2 Å². The van der Waals surface area contributed by atoms with E-state index in [0.29, 0.717) is 6.42 Å². The van der Waals surface area contributed by atoms with E-state index in [0.717, 1.165) is 19.3 Å². The molecule has 0 radical (unpaired) electrons. The third-order valence-corrected chi connectivity index (χ3v) is 2.95. The second-order valence-electron chi connectivity index (χ2n) is 4.78. The van der Waals surface area contributed by atoms with Crippen LogP contribution >= 0.6 is 0 Å². The molecule has 0 unspecified atom stereocenters. The molecule has 0 heterocycles. The maximum absolute atomic E-state index is 11.4. The summed E-state index contributed by atoms with van der Waals surface area (Å²) in [4.78, 5) is 22.7. The summed E-state index contributed by atoms with van der Waals surface area (Å²) in [5.41, 5.74) is 0. The standard InChI is InChI=1S/C13H24O8.Na.H/c1-2-3-4-5-6-9(16)21-13(20)12(19)11(18)10(17)8(15)7-14;;/h8,10-12,14-15,17-19H,2-7H2,1H3;;/t8-,10-,11+,12-;;/m1../s1. The molecular formula is C13H25NaO8. The van der Waals surface area contributed by atoms with E-state index in [1.165, 1.54) is 0 Å². The van der Waals surface area contributed by atoms with Crippen LogP contribution in [0.5, 0.6) is 0 Å². The number of carbonyl (C=O) groups is 2.